The molecule has 0 aliphatic rings. The number of hydrogen-bond acceptors (Lipinski definition) is 3. The first-order chi connectivity index (χ1) is 9.95. The summed E-state index contributed by atoms with van der Waals surface area (Å²) in [7, 11) is 1.81. The summed E-state index contributed by atoms with van der Waals surface area (Å²) < 4.78 is 1.64. The first kappa shape index (κ1) is 15.3. The molecule has 2 rings (SSSR count). The van der Waals surface area contributed by atoms with Crippen LogP contribution < -0.4 is 10.6 Å². The van der Waals surface area contributed by atoms with Gasteiger partial charge in [0.05, 0.1) is 11.3 Å². The van der Waals surface area contributed by atoms with Crippen molar-refractivity contribution < 1.29 is 4.79 Å². The molecule has 1 aromatic heterocycles. The van der Waals surface area contributed by atoms with Crippen LogP contribution in [0.1, 0.15) is 35.5 Å². The highest BCUT2D eigenvalue weighted by atomic mass is 16.1. The number of nitrogens with one attached hydrogen (secondary N) is 2. The molecule has 2 aromatic rings. The maximum absolute atomic E-state index is 12.2. The molecule has 0 saturated carbocycles. The molecule has 0 radical (unpaired) electrons. The Balaban J connectivity index is 2.00. The Morgan fingerprint density at radius 1 is 1.29 bits per heavy atom. The zero-order valence-electron chi connectivity index (χ0n) is 13.0. The van der Waals surface area contributed by atoms with E-state index in [4.69, 9.17) is 0 Å². The van der Waals surface area contributed by atoms with Gasteiger partial charge >= 0.3 is 0 Å². The van der Waals surface area contributed by atoms with Gasteiger partial charge in [-0.1, -0.05) is 26.0 Å². The van der Waals surface area contributed by atoms with Crippen molar-refractivity contribution in [3.63, 3.8) is 0 Å². The molecular formula is C16H22N4O. The molecule has 1 amide bonds. The standard InChI is InChI=1S/C16H22N4O/c1-11(2)17-9-13-5-7-14(8-6-13)18-16(21)15-10-20(4)19-12(15)3/h5-8,10-11,17H,9H2,1-4H3,(H,18,21). The number of hydrogen-bond donors (Lipinski definition) is 2. The van der Waals surface area contributed by atoms with Crippen LogP contribution in [0.2, 0.25) is 0 Å². The molecule has 0 bridgehead atoms. The fourth-order valence-corrected chi connectivity index (χ4v) is 2.05. The zero-order valence-corrected chi connectivity index (χ0v) is 13.0. The van der Waals surface area contributed by atoms with Crippen molar-refractivity contribution in [2.24, 2.45) is 7.05 Å². The quantitative estimate of drug-likeness (QED) is 0.887. The van der Waals surface area contributed by atoms with Gasteiger partial charge in [-0.25, -0.2) is 0 Å². The predicted octanol–water partition coefficient (Wildman–Crippen LogP) is 2.48. The molecule has 5 nitrogen and oxygen atoms in total. The molecule has 1 aromatic carbocycles. The van der Waals surface area contributed by atoms with Crippen molar-refractivity contribution in [3.8, 4) is 0 Å². The van der Waals surface area contributed by atoms with E-state index in [0.717, 1.165) is 17.9 Å². The lowest BCUT2D eigenvalue weighted by Gasteiger charge is -2.09. The fraction of sp³-hybridized carbons (Fsp3) is 0.375. The lowest BCUT2D eigenvalue weighted by Crippen LogP contribution is -2.21. The lowest BCUT2D eigenvalue weighted by atomic mass is 10.2. The van der Waals surface area contributed by atoms with Crippen molar-refractivity contribution in [2.45, 2.75) is 33.4 Å². The molecule has 0 aliphatic heterocycles. The Morgan fingerprint density at radius 3 is 2.48 bits per heavy atom. The van der Waals surface area contributed by atoms with Crippen molar-refractivity contribution in [1.29, 1.82) is 0 Å². The van der Waals surface area contributed by atoms with E-state index in [1.165, 1.54) is 5.56 Å². The first-order valence-corrected chi connectivity index (χ1v) is 7.09. The molecule has 5 heteroatoms. The van der Waals surface area contributed by atoms with Gasteiger partial charge in [-0.05, 0) is 24.6 Å². The van der Waals surface area contributed by atoms with Gasteiger partial charge in [0.15, 0.2) is 0 Å². The van der Waals surface area contributed by atoms with Crippen LogP contribution in [0.25, 0.3) is 0 Å². The molecule has 1 heterocycles. The summed E-state index contributed by atoms with van der Waals surface area (Å²) in [5.74, 6) is -0.131. The Morgan fingerprint density at radius 2 is 1.95 bits per heavy atom. The molecule has 0 spiro atoms. The van der Waals surface area contributed by atoms with Crippen molar-refractivity contribution in [2.75, 3.05) is 5.32 Å². The number of anilines is 1. The molecule has 112 valence electrons. The number of aromatic nitrogens is 2. The maximum atomic E-state index is 12.2. The Hall–Kier alpha value is -2.14. The van der Waals surface area contributed by atoms with E-state index in [0.29, 0.717) is 11.6 Å². The average molecular weight is 286 g/mol. The molecule has 21 heavy (non-hydrogen) atoms. The summed E-state index contributed by atoms with van der Waals surface area (Å²) in [5.41, 5.74) is 3.31. The summed E-state index contributed by atoms with van der Waals surface area (Å²) in [6.45, 7) is 6.89. The highest BCUT2D eigenvalue weighted by Gasteiger charge is 2.12. The Kier molecular flexibility index (Phi) is 4.75. The third-order valence-electron chi connectivity index (χ3n) is 3.18. The highest BCUT2D eigenvalue weighted by molar-refractivity contribution is 6.04. The van der Waals surface area contributed by atoms with Crippen LogP contribution in [0.3, 0.4) is 0 Å². The van der Waals surface area contributed by atoms with Crippen LogP contribution >= 0.6 is 0 Å². The summed E-state index contributed by atoms with van der Waals surface area (Å²) in [6.07, 6.45) is 1.73. The van der Waals surface area contributed by atoms with Gasteiger partial charge in [0, 0.05) is 31.5 Å². The monoisotopic (exact) mass is 286 g/mol. The van der Waals surface area contributed by atoms with Crippen LogP contribution in [-0.4, -0.2) is 21.7 Å². The van der Waals surface area contributed by atoms with E-state index in [1.54, 1.807) is 17.9 Å². The normalized spacial score (nSPS) is 10.9. The topological polar surface area (TPSA) is 59.0 Å². The van der Waals surface area contributed by atoms with Gasteiger partial charge in [-0.2, -0.15) is 5.10 Å². The molecule has 0 atom stereocenters. The minimum Gasteiger partial charge on any atom is -0.322 e. The SMILES string of the molecule is Cc1nn(C)cc1C(=O)Nc1ccc(CNC(C)C)cc1. The minimum atomic E-state index is -0.131. The fourth-order valence-electron chi connectivity index (χ4n) is 2.05. The molecule has 2 N–H and O–H groups in total. The third-order valence-corrected chi connectivity index (χ3v) is 3.18. The number of amides is 1. The van der Waals surface area contributed by atoms with Crippen molar-refractivity contribution >= 4 is 11.6 Å². The number of nitrogens with zero attached hydrogens (tertiary/aromatic N) is 2. The number of aryl methyl sites for hydroxylation is 2. The average Bonchev–Trinajstić information content (AvgIpc) is 2.77. The number of rotatable bonds is 5. The second-order valence-corrected chi connectivity index (χ2v) is 5.49. The zero-order chi connectivity index (χ0) is 15.4. The van der Waals surface area contributed by atoms with E-state index in [1.807, 2.05) is 31.2 Å². The minimum absolute atomic E-state index is 0.131. The number of carbonyl (C=O) groups excluding carboxylic acids is 1. The molecule has 0 aliphatic carbocycles. The van der Waals surface area contributed by atoms with Gasteiger partial charge in [-0.3, -0.25) is 9.48 Å². The summed E-state index contributed by atoms with van der Waals surface area (Å²) in [4.78, 5) is 12.2. The smallest absolute Gasteiger partial charge is 0.259 e. The van der Waals surface area contributed by atoms with Gasteiger partial charge in [-0.15, -0.1) is 0 Å². The van der Waals surface area contributed by atoms with Crippen LogP contribution in [0.5, 0.6) is 0 Å². The summed E-state index contributed by atoms with van der Waals surface area (Å²) in [6, 6.07) is 8.32. The van der Waals surface area contributed by atoms with Crippen LogP contribution in [0.15, 0.2) is 30.5 Å². The predicted molar refractivity (Wildman–Crippen MR) is 84.3 cm³/mol. The van der Waals surface area contributed by atoms with Crippen LogP contribution in [0, 0.1) is 6.92 Å². The summed E-state index contributed by atoms with van der Waals surface area (Å²) >= 11 is 0. The molecule has 0 fully saturated rings. The van der Waals surface area contributed by atoms with E-state index in [-0.39, 0.29) is 5.91 Å². The second-order valence-electron chi connectivity index (χ2n) is 5.49. The number of carbonyl (C=O) groups is 1. The van der Waals surface area contributed by atoms with Crippen LogP contribution in [0.4, 0.5) is 5.69 Å². The van der Waals surface area contributed by atoms with Crippen LogP contribution in [-0.2, 0) is 13.6 Å². The second kappa shape index (κ2) is 6.54. The van der Waals surface area contributed by atoms with E-state index >= 15 is 0 Å². The molecule has 0 unspecified atom stereocenters. The van der Waals surface area contributed by atoms with Gasteiger partial charge in [0.2, 0.25) is 0 Å². The third kappa shape index (κ3) is 4.16. The van der Waals surface area contributed by atoms with Crippen molar-refractivity contribution in [3.05, 3.63) is 47.3 Å². The summed E-state index contributed by atoms with van der Waals surface area (Å²) in [5, 5.41) is 10.4. The first-order valence-electron chi connectivity index (χ1n) is 7.09. The van der Waals surface area contributed by atoms with Gasteiger partial charge in [0.1, 0.15) is 0 Å². The number of benzene rings is 1. The van der Waals surface area contributed by atoms with Gasteiger partial charge < -0.3 is 10.6 Å². The highest BCUT2D eigenvalue weighted by Crippen LogP contribution is 2.13. The maximum Gasteiger partial charge on any atom is 0.259 e. The van der Waals surface area contributed by atoms with E-state index < -0.39 is 0 Å². The lowest BCUT2D eigenvalue weighted by molar-refractivity contribution is 0.102. The van der Waals surface area contributed by atoms with Gasteiger partial charge in [0.25, 0.3) is 5.91 Å². The Labute approximate surface area is 125 Å². The van der Waals surface area contributed by atoms with E-state index in [9.17, 15) is 4.79 Å². The van der Waals surface area contributed by atoms with E-state index in [2.05, 4.69) is 29.6 Å². The molecular weight excluding hydrogens is 264 g/mol. The Bertz CT molecular complexity index is 614. The largest absolute Gasteiger partial charge is 0.322 e. The van der Waals surface area contributed by atoms with Crippen molar-refractivity contribution in [1.82, 2.24) is 15.1 Å². The molecule has 0 saturated heterocycles.